The molecular formula is C27H23ClF4N2O7S. The van der Waals surface area contributed by atoms with Crippen LogP contribution in [-0.4, -0.2) is 55.4 Å². The van der Waals surface area contributed by atoms with Gasteiger partial charge in [0.15, 0.2) is 4.90 Å². The summed E-state index contributed by atoms with van der Waals surface area (Å²) in [5, 5.41) is 18.4. The van der Waals surface area contributed by atoms with Crippen LogP contribution in [-0.2, 0) is 21.0 Å². The summed E-state index contributed by atoms with van der Waals surface area (Å²) in [5.41, 5.74) is -0.993. The van der Waals surface area contributed by atoms with Crippen LogP contribution in [0.2, 0.25) is 5.02 Å². The maximum atomic E-state index is 14.2. The molecule has 3 aromatic rings. The lowest BCUT2D eigenvalue weighted by Gasteiger charge is -2.35. The van der Waals surface area contributed by atoms with Gasteiger partial charge in [-0.3, -0.25) is 9.10 Å². The van der Waals surface area contributed by atoms with E-state index in [-0.39, 0.29) is 34.9 Å². The number of nitrogens with zero attached hydrogens (tertiary/aromatic N) is 2. The number of anilines is 1. The van der Waals surface area contributed by atoms with Crippen molar-refractivity contribution in [3.8, 4) is 11.6 Å². The number of aliphatic hydroxyl groups excluding tert-OH is 1. The molecule has 0 spiro atoms. The minimum atomic E-state index is -4.94. The van der Waals surface area contributed by atoms with Gasteiger partial charge in [0, 0.05) is 18.2 Å². The number of fused-ring (bicyclic) bond motifs is 1. The molecule has 0 aliphatic carbocycles. The van der Waals surface area contributed by atoms with Crippen molar-refractivity contribution in [2.24, 2.45) is 0 Å². The zero-order valence-corrected chi connectivity index (χ0v) is 23.1. The molecule has 2 N–H and O–H groups in total. The third kappa shape index (κ3) is 6.94. The lowest BCUT2D eigenvalue weighted by atomic mass is 10.1. The number of hydrogen-bond acceptors (Lipinski definition) is 7. The molecular weight excluding hydrogens is 608 g/mol. The third-order valence-electron chi connectivity index (χ3n) is 6.08. The number of carboxylic acid groups (broad SMARTS) is 1. The average molecular weight is 631 g/mol. The van der Waals surface area contributed by atoms with Gasteiger partial charge in [0.2, 0.25) is 5.88 Å². The van der Waals surface area contributed by atoms with Gasteiger partial charge in [-0.2, -0.15) is 13.2 Å². The van der Waals surface area contributed by atoms with Crippen LogP contribution in [0.3, 0.4) is 0 Å². The second kappa shape index (κ2) is 12.5. The van der Waals surface area contributed by atoms with Gasteiger partial charge in [0.05, 0.1) is 29.4 Å². The number of aliphatic hydroxyl groups is 1. The van der Waals surface area contributed by atoms with Crippen molar-refractivity contribution >= 4 is 45.4 Å². The molecule has 1 unspecified atom stereocenters. The molecule has 2 aromatic carbocycles. The van der Waals surface area contributed by atoms with Gasteiger partial charge in [-0.05, 0) is 48.4 Å². The van der Waals surface area contributed by atoms with E-state index < -0.39 is 70.2 Å². The molecule has 15 heteroatoms. The standard InChI is InChI=1S/C27H23ClF4N2O7S/c28-20-2-1-3-21(29)19(20)7-4-16-5-8-23-22(12-16)34(15-18(41-23)6-9-25(36)37)42(38,39)24-13-17(27(30,31)32)14-33-26(24)40-11-10-35/h1-5,7-8,12-14,18,35H,6,9-11,15H2,(H,36,37). The van der Waals surface area contributed by atoms with E-state index in [1.165, 1.54) is 48.6 Å². The molecule has 0 saturated carbocycles. The Morgan fingerprint density at radius 2 is 1.98 bits per heavy atom. The fourth-order valence-corrected chi connectivity index (χ4v) is 5.92. The largest absolute Gasteiger partial charge is 0.486 e. The van der Waals surface area contributed by atoms with Crippen LogP contribution in [0, 0.1) is 5.82 Å². The van der Waals surface area contributed by atoms with Crippen molar-refractivity contribution in [3.05, 3.63) is 76.2 Å². The number of aromatic nitrogens is 1. The summed E-state index contributed by atoms with van der Waals surface area (Å²) in [7, 11) is -4.86. The number of hydrogen-bond donors (Lipinski definition) is 2. The highest BCUT2D eigenvalue weighted by molar-refractivity contribution is 7.93. The summed E-state index contributed by atoms with van der Waals surface area (Å²) in [6, 6.07) is 8.78. The highest BCUT2D eigenvalue weighted by atomic mass is 35.5. The smallest absolute Gasteiger partial charge is 0.417 e. The molecule has 42 heavy (non-hydrogen) atoms. The van der Waals surface area contributed by atoms with Crippen molar-refractivity contribution in [2.45, 2.75) is 30.0 Å². The molecule has 224 valence electrons. The molecule has 0 radical (unpaired) electrons. The first-order valence-corrected chi connectivity index (χ1v) is 14.1. The van der Waals surface area contributed by atoms with E-state index in [1.807, 2.05) is 0 Å². The molecule has 1 atom stereocenters. The first-order chi connectivity index (χ1) is 19.8. The predicted molar refractivity (Wildman–Crippen MR) is 144 cm³/mol. The summed E-state index contributed by atoms with van der Waals surface area (Å²) in [6.45, 7) is -1.47. The second-order valence-electron chi connectivity index (χ2n) is 9.00. The van der Waals surface area contributed by atoms with Crippen LogP contribution in [0.4, 0.5) is 23.2 Å². The molecule has 9 nitrogen and oxygen atoms in total. The summed E-state index contributed by atoms with van der Waals surface area (Å²) in [4.78, 5) is 13.8. The maximum absolute atomic E-state index is 14.2. The number of ether oxygens (including phenoxy) is 2. The van der Waals surface area contributed by atoms with E-state index in [1.54, 1.807) is 0 Å². The second-order valence-corrected chi connectivity index (χ2v) is 11.2. The first-order valence-electron chi connectivity index (χ1n) is 12.3. The van der Waals surface area contributed by atoms with Gasteiger partial charge in [0.1, 0.15) is 24.3 Å². The van der Waals surface area contributed by atoms with E-state index in [0.29, 0.717) is 17.8 Å². The molecule has 0 saturated heterocycles. The van der Waals surface area contributed by atoms with E-state index in [4.69, 9.17) is 31.3 Å². The van der Waals surface area contributed by atoms with Crippen molar-refractivity contribution in [2.75, 3.05) is 24.1 Å². The molecule has 4 rings (SSSR count). The van der Waals surface area contributed by atoms with Gasteiger partial charge >= 0.3 is 12.1 Å². The van der Waals surface area contributed by atoms with E-state index in [2.05, 4.69) is 4.98 Å². The lowest BCUT2D eigenvalue weighted by molar-refractivity contribution is -0.138. The molecule has 1 aliphatic heterocycles. The third-order valence-corrected chi connectivity index (χ3v) is 8.18. The molecule has 0 bridgehead atoms. The van der Waals surface area contributed by atoms with E-state index in [9.17, 15) is 30.8 Å². The molecule has 2 heterocycles. The number of rotatable bonds is 10. The predicted octanol–water partition coefficient (Wildman–Crippen LogP) is 5.26. The number of halogens is 5. The Bertz CT molecular complexity index is 1600. The monoisotopic (exact) mass is 630 g/mol. The fraction of sp³-hybridized carbons (Fsp3) is 0.259. The van der Waals surface area contributed by atoms with Crippen LogP contribution < -0.4 is 13.8 Å². The number of carbonyl (C=O) groups is 1. The highest BCUT2D eigenvalue weighted by Gasteiger charge is 2.39. The SMILES string of the molecule is O=C(O)CCC1CN(S(=O)(=O)c2cc(C(F)(F)F)cnc2OCCO)c2cc(C=Cc3c(F)cccc3Cl)ccc2O1. The lowest BCUT2D eigenvalue weighted by Crippen LogP contribution is -2.44. The maximum Gasteiger partial charge on any atom is 0.417 e. The van der Waals surface area contributed by atoms with Gasteiger partial charge < -0.3 is 19.7 Å². The van der Waals surface area contributed by atoms with Crippen LogP contribution in [0.5, 0.6) is 11.6 Å². The number of pyridine rings is 1. The quantitative estimate of drug-likeness (QED) is 0.230. The van der Waals surface area contributed by atoms with E-state index >= 15 is 0 Å². The molecule has 1 aromatic heterocycles. The van der Waals surface area contributed by atoms with Crippen LogP contribution in [0.25, 0.3) is 12.2 Å². The minimum absolute atomic E-state index is 0.0130. The zero-order chi connectivity index (χ0) is 30.7. The average Bonchev–Trinajstić information content (AvgIpc) is 2.93. The molecule has 0 fully saturated rings. The summed E-state index contributed by atoms with van der Waals surface area (Å²) in [6.07, 6.45) is -3.15. The Morgan fingerprint density at radius 3 is 2.64 bits per heavy atom. The van der Waals surface area contributed by atoms with Gasteiger partial charge in [-0.15, -0.1) is 0 Å². The van der Waals surface area contributed by atoms with Gasteiger partial charge in [0.25, 0.3) is 10.0 Å². The molecule has 1 aliphatic rings. The highest BCUT2D eigenvalue weighted by Crippen LogP contribution is 2.41. The van der Waals surface area contributed by atoms with E-state index in [0.717, 1.165) is 4.31 Å². The number of sulfonamides is 1. The number of alkyl halides is 3. The normalized spacial score (nSPS) is 15.4. The Kier molecular flexibility index (Phi) is 9.28. The molecule has 0 amide bonds. The van der Waals surface area contributed by atoms with Crippen LogP contribution >= 0.6 is 11.6 Å². The summed E-state index contributed by atoms with van der Waals surface area (Å²) in [5.74, 6) is -2.41. The Morgan fingerprint density at radius 1 is 1.21 bits per heavy atom. The first kappa shape index (κ1) is 31.1. The minimum Gasteiger partial charge on any atom is -0.486 e. The topological polar surface area (TPSA) is 126 Å². The number of benzene rings is 2. The van der Waals surface area contributed by atoms with Crippen molar-refractivity contribution in [1.82, 2.24) is 4.98 Å². The summed E-state index contributed by atoms with van der Waals surface area (Å²) < 4.78 is 94.7. The van der Waals surface area contributed by atoms with Crippen molar-refractivity contribution in [3.63, 3.8) is 0 Å². The number of carboxylic acids is 1. The Balaban J connectivity index is 1.83. The van der Waals surface area contributed by atoms with Gasteiger partial charge in [-0.25, -0.2) is 17.8 Å². The fourth-order valence-electron chi connectivity index (χ4n) is 4.09. The van der Waals surface area contributed by atoms with Crippen molar-refractivity contribution in [1.29, 1.82) is 0 Å². The van der Waals surface area contributed by atoms with Gasteiger partial charge in [-0.1, -0.05) is 29.8 Å². The van der Waals surface area contributed by atoms with Crippen LogP contribution in [0.1, 0.15) is 29.5 Å². The van der Waals surface area contributed by atoms with Crippen LogP contribution in [0.15, 0.2) is 53.6 Å². The summed E-state index contributed by atoms with van der Waals surface area (Å²) >= 11 is 6.07. The van der Waals surface area contributed by atoms with Crippen molar-refractivity contribution < 1.29 is 50.5 Å². The Labute approximate surface area is 242 Å². The Hall–Kier alpha value is -3.88. The number of aliphatic carboxylic acids is 1. The zero-order valence-electron chi connectivity index (χ0n) is 21.5.